The van der Waals surface area contributed by atoms with Crippen LogP contribution in [-0.2, 0) is 11.3 Å². The third-order valence-corrected chi connectivity index (χ3v) is 2.36. The summed E-state index contributed by atoms with van der Waals surface area (Å²) < 4.78 is 7.34. The summed E-state index contributed by atoms with van der Waals surface area (Å²) in [5, 5.41) is 0. The van der Waals surface area contributed by atoms with Crippen LogP contribution in [0.4, 0.5) is 0 Å². The molecule has 0 aromatic carbocycles. The van der Waals surface area contributed by atoms with Gasteiger partial charge in [-0.15, -0.1) is 0 Å². The number of pyridine rings is 1. The highest BCUT2D eigenvalue weighted by Gasteiger charge is 2.05. The molecule has 1 aliphatic heterocycles. The summed E-state index contributed by atoms with van der Waals surface area (Å²) in [7, 11) is 0. The molecule has 0 saturated heterocycles. The number of fused-ring (bicyclic) bond motifs is 2. The first-order chi connectivity index (χ1) is 6.43. The third kappa shape index (κ3) is 0.952. The van der Waals surface area contributed by atoms with Crippen LogP contribution in [0.5, 0.6) is 0 Å². The van der Waals surface area contributed by atoms with E-state index in [1.54, 1.807) is 6.26 Å². The summed E-state index contributed by atoms with van der Waals surface area (Å²) >= 11 is 0. The number of aromatic nitrogens is 1. The van der Waals surface area contributed by atoms with Gasteiger partial charge in [0.05, 0.1) is 6.26 Å². The van der Waals surface area contributed by atoms with Gasteiger partial charge in [0.15, 0.2) is 0 Å². The van der Waals surface area contributed by atoms with Gasteiger partial charge in [-0.25, -0.2) is 0 Å². The molecule has 3 rings (SSSR count). The van der Waals surface area contributed by atoms with Gasteiger partial charge in [0, 0.05) is 23.5 Å². The molecule has 64 valence electrons. The van der Waals surface area contributed by atoms with Crippen LogP contribution in [-0.4, -0.2) is 4.40 Å². The fourth-order valence-electron chi connectivity index (χ4n) is 1.68. The van der Waals surface area contributed by atoms with Gasteiger partial charge in [0.1, 0.15) is 6.61 Å². The van der Waals surface area contributed by atoms with E-state index >= 15 is 0 Å². The molecule has 0 N–H and O–H groups in total. The summed E-state index contributed by atoms with van der Waals surface area (Å²) in [5.41, 5.74) is 3.73. The van der Waals surface area contributed by atoms with Gasteiger partial charge in [0.25, 0.3) is 0 Å². The zero-order chi connectivity index (χ0) is 8.67. The number of rotatable bonds is 0. The summed E-state index contributed by atoms with van der Waals surface area (Å²) in [6.45, 7) is 0.681. The SMILES string of the molecule is C1=Cc2cc3cccn3cc2CO1. The molecule has 0 unspecified atom stereocenters. The molecule has 2 aromatic heterocycles. The second-order valence-corrected chi connectivity index (χ2v) is 3.21. The van der Waals surface area contributed by atoms with E-state index < -0.39 is 0 Å². The summed E-state index contributed by atoms with van der Waals surface area (Å²) in [4.78, 5) is 0. The first-order valence-corrected chi connectivity index (χ1v) is 4.31. The quantitative estimate of drug-likeness (QED) is 0.593. The molecule has 3 heterocycles. The van der Waals surface area contributed by atoms with Crippen molar-refractivity contribution in [1.82, 2.24) is 4.40 Å². The average molecular weight is 171 g/mol. The Kier molecular flexibility index (Phi) is 1.25. The molecule has 2 aromatic rings. The standard InChI is InChI=1S/C11H9NO/c1-2-11-6-9-3-5-13-8-10(9)7-12(11)4-1/h1-7H,8H2. The largest absolute Gasteiger partial charge is 0.496 e. The van der Waals surface area contributed by atoms with Crippen molar-refractivity contribution in [2.24, 2.45) is 0 Å². The lowest BCUT2D eigenvalue weighted by Gasteiger charge is -2.11. The Morgan fingerprint density at radius 1 is 1.38 bits per heavy atom. The summed E-state index contributed by atoms with van der Waals surface area (Å²) in [6.07, 6.45) is 7.93. The lowest BCUT2D eigenvalue weighted by molar-refractivity contribution is 0.234. The van der Waals surface area contributed by atoms with Crippen LogP contribution in [0.25, 0.3) is 11.6 Å². The fraction of sp³-hybridized carbons (Fsp3) is 0.0909. The Labute approximate surface area is 76.1 Å². The normalized spacial score (nSPS) is 14.2. The minimum Gasteiger partial charge on any atom is -0.496 e. The summed E-state index contributed by atoms with van der Waals surface area (Å²) in [5.74, 6) is 0. The molecule has 1 aliphatic rings. The number of hydrogen-bond donors (Lipinski definition) is 0. The molecule has 0 amide bonds. The van der Waals surface area contributed by atoms with Crippen LogP contribution in [0.2, 0.25) is 0 Å². The van der Waals surface area contributed by atoms with E-state index in [-0.39, 0.29) is 0 Å². The third-order valence-electron chi connectivity index (χ3n) is 2.36. The van der Waals surface area contributed by atoms with E-state index in [0.29, 0.717) is 6.61 Å². The fourth-order valence-corrected chi connectivity index (χ4v) is 1.68. The molecule has 0 spiro atoms. The lowest BCUT2D eigenvalue weighted by Crippen LogP contribution is -1.98. The zero-order valence-corrected chi connectivity index (χ0v) is 7.10. The van der Waals surface area contributed by atoms with Crippen LogP contribution >= 0.6 is 0 Å². The molecule has 0 fully saturated rings. The van der Waals surface area contributed by atoms with E-state index in [0.717, 1.165) is 0 Å². The van der Waals surface area contributed by atoms with Crippen molar-refractivity contribution in [3.8, 4) is 0 Å². The minimum absolute atomic E-state index is 0.681. The smallest absolute Gasteiger partial charge is 0.114 e. The maximum Gasteiger partial charge on any atom is 0.114 e. The highest BCUT2D eigenvalue weighted by molar-refractivity contribution is 5.62. The highest BCUT2D eigenvalue weighted by Crippen LogP contribution is 2.19. The van der Waals surface area contributed by atoms with Crippen molar-refractivity contribution >= 4 is 11.6 Å². The van der Waals surface area contributed by atoms with Crippen molar-refractivity contribution in [1.29, 1.82) is 0 Å². The van der Waals surface area contributed by atoms with Gasteiger partial charge in [-0.05, 0) is 29.8 Å². The average Bonchev–Trinajstić information content (AvgIpc) is 2.61. The maximum absolute atomic E-state index is 5.23. The van der Waals surface area contributed by atoms with E-state index in [2.05, 4.69) is 22.7 Å². The monoisotopic (exact) mass is 171 g/mol. The van der Waals surface area contributed by atoms with Crippen molar-refractivity contribution in [3.63, 3.8) is 0 Å². The lowest BCUT2D eigenvalue weighted by atomic mass is 10.1. The Morgan fingerprint density at radius 2 is 2.38 bits per heavy atom. The van der Waals surface area contributed by atoms with Gasteiger partial charge in [-0.1, -0.05) is 0 Å². The topological polar surface area (TPSA) is 13.6 Å². The summed E-state index contributed by atoms with van der Waals surface area (Å²) in [6, 6.07) is 6.32. The maximum atomic E-state index is 5.23. The number of hydrogen-bond acceptors (Lipinski definition) is 1. The Morgan fingerprint density at radius 3 is 3.38 bits per heavy atom. The van der Waals surface area contributed by atoms with Crippen LogP contribution in [0.3, 0.4) is 0 Å². The molecule has 2 heteroatoms. The van der Waals surface area contributed by atoms with E-state index in [9.17, 15) is 0 Å². The molecular formula is C11H9NO. The molecule has 0 radical (unpaired) electrons. The second kappa shape index (κ2) is 2.39. The first kappa shape index (κ1) is 6.78. The molecule has 0 saturated carbocycles. The van der Waals surface area contributed by atoms with Gasteiger partial charge in [-0.2, -0.15) is 0 Å². The molecule has 2 nitrogen and oxygen atoms in total. The van der Waals surface area contributed by atoms with Gasteiger partial charge < -0.3 is 9.14 Å². The predicted octanol–water partition coefficient (Wildman–Crippen LogP) is 2.44. The molecule has 0 bridgehead atoms. The van der Waals surface area contributed by atoms with Crippen LogP contribution < -0.4 is 0 Å². The van der Waals surface area contributed by atoms with Crippen molar-refractivity contribution in [2.75, 3.05) is 0 Å². The number of nitrogens with zero attached hydrogens (tertiary/aromatic N) is 1. The molecule has 0 atom stereocenters. The van der Waals surface area contributed by atoms with E-state index in [1.807, 2.05) is 18.3 Å². The van der Waals surface area contributed by atoms with E-state index in [1.165, 1.54) is 16.6 Å². The van der Waals surface area contributed by atoms with Gasteiger partial charge in [0.2, 0.25) is 0 Å². The number of ether oxygens (including phenoxy) is 1. The minimum atomic E-state index is 0.681. The Balaban J connectivity index is 2.36. The molecular weight excluding hydrogens is 162 g/mol. The highest BCUT2D eigenvalue weighted by atomic mass is 16.5. The van der Waals surface area contributed by atoms with E-state index in [4.69, 9.17) is 4.74 Å². The molecule has 0 aliphatic carbocycles. The second-order valence-electron chi connectivity index (χ2n) is 3.21. The van der Waals surface area contributed by atoms with Crippen molar-refractivity contribution in [3.05, 3.63) is 48.0 Å². The van der Waals surface area contributed by atoms with Gasteiger partial charge in [-0.3, -0.25) is 0 Å². The van der Waals surface area contributed by atoms with Crippen molar-refractivity contribution in [2.45, 2.75) is 6.61 Å². The van der Waals surface area contributed by atoms with Crippen LogP contribution in [0.15, 0.2) is 36.9 Å². The predicted molar refractivity (Wildman–Crippen MR) is 51.2 cm³/mol. The zero-order valence-electron chi connectivity index (χ0n) is 7.10. The van der Waals surface area contributed by atoms with Crippen LogP contribution in [0, 0.1) is 0 Å². The first-order valence-electron chi connectivity index (χ1n) is 4.31. The van der Waals surface area contributed by atoms with Gasteiger partial charge >= 0.3 is 0 Å². The Hall–Kier alpha value is -1.70. The Bertz CT molecular complexity index is 482. The van der Waals surface area contributed by atoms with Crippen molar-refractivity contribution < 1.29 is 4.74 Å². The van der Waals surface area contributed by atoms with Crippen LogP contribution in [0.1, 0.15) is 11.1 Å². The molecule has 13 heavy (non-hydrogen) atoms.